The maximum absolute atomic E-state index is 4.55. The first-order valence-corrected chi connectivity index (χ1v) is 10.4. The Morgan fingerprint density at radius 3 is 2.06 bits per heavy atom. The molecular formula is C27H18IrN6-2. The van der Waals surface area contributed by atoms with Crippen LogP contribution >= 0.6 is 0 Å². The van der Waals surface area contributed by atoms with E-state index in [4.69, 9.17) is 0 Å². The van der Waals surface area contributed by atoms with Crippen LogP contribution in [-0.4, -0.2) is 29.7 Å². The van der Waals surface area contributed by atoms with Crippen LogP contribution in [0.25, 0.3) is 39.6 Å². The Hall–Kier alpha value is -4.06. The topological polar surface area (TPSA) is 69.4 Å². The van der Waals surface area contributed by atoms with Crippen molar-refractivity contribution in [3.63, 3.8) is 0 Å². The number of aromatic nitrogens is 6. The minimum absolute atomic E-state index is 0. The summed E-state index contributed by atoms with van der Waals surface area (Å²) in [5, 5.41) is 7.86. The molecule has 0 atom stereocenters. The summed E-state index contributed by atoms with van der Waals surface area (Å²) < 4.78 is 1.97. The molecule has 0 bridgehead atoms. The number of benzene rings is 3. The SMILES string of the molecule is [Ir].[c-]1ccccc1-c1ccccn1.[c-]1ccccc1-c1nc2nncnc2n1-c1ccccc1. The van der Waals surface area contributed by atoms with Crippen LogP contribution in [0.2, 0.25) is 0 Å². The van der Waals surface area contributed by atoms with Gasteiger partial charge in [-0.05, 0) is 23.9 Å². The molecule has 0 saturated heterocycles. The van der Waals surface area contributed by atoms with E-state index >= 15 is 0 Å². The fourth-order valence-corrected chi connectivity index (χ4v) is 3.35. The largest absolute Gasteiger partial charge is 0.316 e. The fraction of sp³-hybridized carbons (Fsp3) is 0. The van der Waals surface area contributed by atoms with Crippen molar-refractivity contribution < 1.29 is 20.1 Å². The van der Waals surface area contributed by atoms with Gasteiger partial charge in [-0.3, -0.25) is 4.98 Å². The summed E-state index contributed by atoms with van der Waals surface area (Å²) in [5.74, 6) is 0.754. The predicted octanol–water partition coefficient (Wildman–Crippen LogP) is 5.22. The molecular weight excluding hydrogens is 601 g/mol. The Labute approximate surface area is 210 Å². The average Bonchev–Trinajstić information content (AvgIpc) is 3.31. The van der Waals surface area contributed by atoms with Gasteiger partial charge in [0, 0.05) is 32.0 Å². The van der Waals surface area contributed by atoms with Gasteiger partial charge in [0.05, 0.1) is 5.82 Å². The summed E-state index contributed by atoms with van der Waals surface area (Å²) in [6.45, 7) is 0. The smallest absolute Gasteiger partial charge is 0.210 e. The molecule has 0 aliphatic rings. The summed E-state index contributed by atoms with van der Waals surface area (Å²) in [5.41, 5.74) is 5.09. The van der Waals surface area contributed by atoms with Crippen molar-refractivity contribution in [3.8, 4) is 28.3 Å². The number of imidazole rings is 1. The molecule has 0 fully saturated rings. The molecule has 6 nitrogen and oxygen atoms in total. The van der Waals surface area contributed by atoms with Gasteiger partial charge in [-0.2, -0.15) is 0 Å². The Bertz CT molecular complexity index is 1400. The summed E-state index contributed by atoms with van der Waals surface area (Å²) in [7, 11) is 0. The van der Waals surface area contributed by atoms with E-state index in [1.165, 1.54) is 6.33 Å². The Balaban J connectivity index is 0.000000180. The van der Waals surface area contributed by atoms with E-state index in [0.717, 1.165) is 28.3 Å². The van der Waals surface area contributed by atoms with Crippen molar-refractivity contribution in [2.75, 3.05) is 0 Å². The van der Waals surface area contributed by atoms with Crippen LogP contribution in [-0.2, 0) is 20.1 Å². The van der Waals surface area contributed by atoms with E-state index in [9.17, 15) is 0 Å². The zero-order chi connectivity index (χ0) is 22.3. The minimum Gasteiger partial charge on any atom is -0.316 e. The van der Waals surface area contributed by atoms with Crippen LogP contribution in [0.5, 0.6) is 0 Å². The monoisotopic (exact) mass is 619 g/mol. The van der Waals surface area contributed by atoms with Crippen LogP contribution in [0.4, 0.5) is 0 Å². The van der Waals surface area contributed by atoms with Crippen molar-refractivity contribution in [1.82, 2.24) is 29.7 Å². The van der Waals surface area contributed by atoms with Gasteiger partial charge in [-0.25, -0.2) is 4.98 Å². The van der Waals surface area contributed by atoms with E-state index in [2.05, 4.69) is 37.3 Å². The zero-order valence-electron chi connectivity index (χ0n) is 17.9. The van der Waals surface area contributed by atoms with Crippen LogP contribution in [0.15, 0.2) is 110 Å². The molecule has 7 heteroatoms. The summed E-state index contributed by atoms with van der Waals surface area (Å²) >= 11 is 0. The molecule has 0 amide bonds. The number of fused-ring (bicyclic) bond motifs is 1. The summed E-state index contributed by atoms with van der Waals surface area (Å²) in [6, 6.07) is 37.7. The number of para-hydroxylation sites is 1. The van der Waals surface area contributed by atoms with Gasteiger partial charge in [-0.15, -0.1) is 82.0 Å². The molecule has 0 aliphatic carbocycles. The summed E-state index contributed by atoms with van der Waals surface area (Å²) in [6.07, 6.45) is 3.22. The normalized spacial score (nSPS) is 10.1. The van der Waals surface area contributed by atoms with Gasteiger partial charge in [0.25, 0.3) is 0 Å². The maximum Gasteiger partial charge on any atom is 0.210 e. The Morgan fingerprint density at radius 2 is 1.38 bits per heavy atom. The average molecular weight is 619 g/mol. The third kappa shape index (κ3) is 5.12. The van der Waals surface area contributed by atoms with E-state index in [1.54, 1.807) is 6.20 Å². The summed E-state index contributed by atoms with van der Waals surface area (Å²) in [4.78, 5) is 13.1. The van der Waals surface area contributed by atoms with Crippen LogP contribution in [0, 0.1) is 12.1 Å². The second-order valence-corrected chi connectivity index (χ2v) is 6.98. The number of hydrogen-bond acceptors (Lipinski definition) is 5. The van der Waals surface area contributed by atoms with Crippen molar-refractivity contribution in [2.24, 2.45) is 0 Å². The van der Waals surface area contributed by atoms with Gasteiger partial charge >= 0.3 is 0 Å². The molecule has 0 spiro atoms. The molecule has 3 aromatic carbocycles. The van der Waals surface area contributed by atoms with Gasteiger partial charge < -0.3 is 9.55 Å². The van der Waals surface area contributed by atoms with Gasteiger partial charge in [-0.1, -0.05) is 30.3 Å². The first-order chi connectivity index (χ1) is 16.4. The molecule has 3 heterocycles. The van der Waals surface area contributed by atoms with E-state index in [-0.39, 0.29) is 20.1 Å². The van der Waals surface area contributed by atoms with Gasteiger partial charge in [0.15, 0.2) is 5.65 Å². The molecule has 0 saturated carbocycles. The van der Waals surface area contributed by atoms with Crippen molar-refractivity contribution in [1.29, 1.82) is 0 Å². The molecule has 0 aliphatic heterocycles. The first kappa shape index (κ1) is 23.1. The van der Waals surface area contributed by atoms with Crippen LogP contribution in [0.3, 0.4) is 0 Å². The van der Waals surface area contributed by atoms with Gasteiger partial charge in [0.1, 0.15) is 6.33 Å². The molecule has 3 aromatic heterocycles. The van der Waals surface area contributed by atoms with Crippen molar-refractivity contribution in [3.05, 3.63) is 122 Å². The minimum atomic E-state index is 0. The molecule has 0 N–H and O–H groups in total. The maximum atomic E-state index is 4.55. The number of nitrogens with zero attached hydrogens (tertiary/aromatic N) is 6. The molecule has 1 radical (unpaired) electrons. The standard InChI is InChI=1S/C16H10N5.C11H8N.Ir/c1-3-7-12(8-4-1)15-19-14-16(17-11-18-20-14)21(15)13-9-5-2-6-10-13;1-2-6-10(7-3-1)11-8-4-5-9-12-11;/h1-7,9-11H;1-6,8-9H;/q2*-1;. The Kier molecular flexibility index (Phi) is 7.60. The zero-order valence-corrected chi connectivity index (χ0v) is 20.3. The third-order valence-corrected chi connectivity index (χ3v) is 4.83. The molecule has 34 heavy (non-hydrogen) atoms. The second-order valence-electron chi connectivity index (χ2n) is 6.98. The molecule has 6 rings (SSSR count). The number of rotatable bonds is 3. The fourth-order valence-electron chi connectivity index (χ4n) is 3.35. The van der Waals surface area contributed by atoms with Crippen LogP contribution in [0.1, 0.15) is 0 Å². The van der Waals surface area contributed by atoms with Crippen molar-refractivity contribution >= 4 is 11.3 Å². The van der Waals surface area contributed by atoms with E-state index in [1.807, 2.05) is 102 Å². The Morgan fingerprint density at radius 1 is 0.676 bits per heavy atom. The first-order valence-electron chi connectivity index (χ1n) is 10.4. The van der Waals surface area contributed by atoms with Crippen molar-refractivity contribution in [2.45, 2.75) is 0 Å². The molecule has 6 aromatic rings. The molecule has 0 unspecified atom stereocenters. The van der Waals surface area contributed by atoms with E-state index < -0.39 is 0 Å². The predicted molar refractivity (Wildman–Crippen MR) is 127 cm³/mol. The van der Waals surface area contributed by atoms with Gasteiger partial charge in [0.2, 0.25) is 5.65 Å². The number of pyridine rings is 1. The van der Waals surface area contributed by atoms with Crippen LogP contribution < -0.4 is 0 Å². The quantitative estimate of drug-likeness (QED) is 0.255. The van der Waals surface area contributed by atoms with E-state index in [0.29, 0.717) is 11.3 Å². The number of hydrogen-bond donors (Lipinski definition) is 0. The third-order valence-electron chi connectivity index (χ3n) is 4.83. The molecule has 167 valence electrons. The second kappa shape index (κ2) is 11.2.